The number of carbonyl (C=O) groups is 1. The largest absolute Gasteiger partial charge is 0.454 e. The monoisotopic (exact) mass is 569 g/mol. The minimum absolute atomic E-state index is 0.279. The first kappa shape index (κ1) is 25.6. The molecule has 0 saturated carbocycles. The summed E-state index contributed by atoms with van der Waals surface area (Å²) in [5.41, 5.74) is -8.01. The number of ether oxygens (including phenoxy) is 1. The summed E-state index contributed by atoms with van der Waals surface area (Å²) < 4.78 is 83.8. The lowest BCUT2D eigenvalue weighted by molar-refractivity contribution is -0.142. The van der Waals surface area contributed by atoms with Crippen LogP contribution in [0.2, 0.25) is 10.0 Å². The summed E-state index contributed by atoms with van der Waals surface area (Å²) in [7, 11) is 0. The highest BCUT2D eigenvalue weighted by atomic mass is 79.9. The molecule has 0 aliphatic carbocycles. The maximum atomic E-state index is 13.1. The standard InChI is InChI=1S/C16H8BrCl2F6N3O2S/c1-6(14(29)30-5-17)11-13(31-16(23,24)25)10(4-26)27-28(11)12-8(18)2-7(3-9(12)19)15(20,21)22/h2-3,6H,5H2,1H3. The van der Waals surface area contributed by atoms with Gasteiger partial charge < -0.3 is 4.74 Å². The van der Waals surface area contributed by atoms with Gasteiger partial charge in [-0.2, -0.15) is 36.7 Å². The Morgan fingerprint density at radius 3 is 2.26 bits per heavy atom. The number of halogens is 9. The van der Waals surface area contributed by atoms with Crippen LogP contribution in [-0.4, -0.2) is 26.8 Å². The van der Waals surface area contributed by atoms with Gasteiger partial charge in [0.15, 0.2) is 5.69 Å². The third kappa shape index (κ3) is 5.79. The molecule has 0 saturated heterocycles. The van der Waals surface area contributed by atoms with E-state index in [-0.39, 0.29) is 5.52 Å². The van der Waals surface area contributed by atoms with Gasteiger partial charge in [-0.05, 0) is 46.7 Å². The number of hydrogen-bond donors (Lipinski definition) is 0. The molecule has 5 nitrogen and oxygen atoms in total. The first-order valence-electron chi connectivity index (χ1n) is 7.79. The molecule has 168 valence electrons. The maximum absolute atomic E-state index is 13.1. The number of rotatable bonds is 5. The first-order valence-corrected chi connectivity index (χ1v) is 10.5. The molecule has 0 fully saturated rings. The van der Waals surface area contributed by atoms with Crippen LogP contribution >= 0.6 is 50.9 Å². The van der Waals surface area contributed by atoms with Crippen molar-refractivity contribution in [3.63, 3.8) is 0 Å². The lowest BCUT2D eigenvalue weighted by Gasteiger charge is -2.18. The van der Waals surface area contributed by atoms with E-state index in [1.165, 1.54) is 13.0 Å². The summed E-state index contributed by atoms with van der Waals surface area (Å²) in [5, 5.41) is 11.8. The van der Waals surface area contributed by atoms with Crippen LogP contribution in [0.5, 0.6) is 0 Å². The average Bonchev–Trinajstić information content (AvgIpc) is 2.96. The van der Waals surface area contributed by atoms with E-state index in [2.05, 4.69) is 21.0 Å². The Morgan fingerprint density at radius 1 is 1.29 bits per heavy atom. The Labute approximate surface area is 193 Å². The molecule has 1 atom stereocenters. The molecule has 0 radical (unpaired) electrons. The van der Waals surface area contributed by atoms with E-state index in [1.807, 2.05) is 0 Å². The molecule has 1 aromatic heterocycles. The fourth-order valence-corrected chi connectivity index (χ4v) is 4.13. The van der Waals surface area contributed by atoms with Gasteiger partial charge in [0, 0.05) is 0 Å². The first-order chi connectivity index (χ1) is 14.2. The Morgan fingerprint density at radius 2 is 1.84 bits per heavy atom. The van der Waals surface area contributed by atoms with Gasteiger partial charge in [-0.1, -0.05) is 23.2 Å². The van der Waals surface area contributed by atoms with Crippen LogP contribution in [0.4, 0.5) is 26.3 Å². The van der Waals surface area contributed by atoms with Crippen molar-refractivity contribution in [2.45, 2.75) is 29.4 Å². The molecule has 0 aliphatic rings. The molecule has 2 rings (SSSR count). The van der Waals surface area contributed by atoms with Gasteiger partial charge >= 0.3 is 17.7 Å². The summed E-state index contributed by atoms with van der Waals surface area (Å²) in [5.74, 6) is -2.42. The lowest BCUT2D eigenvalue weighted by Crippen LogP contribution is -2.18. The molecule has 0 amide bonds. The van der Waals surface area contributed by atoms with Crippen molar-refractivity contribution in [2.24, 2.45) is 0 Å². The topological polar surface area (TPSA) is 67.9 Å². The molecular weight excluding hydrogens is 563 g/mol. The van der Waals surface area contributed by atoms with Crippen molar-refractivity contribution < 1.29 is 35.9 Å². The second-order valence-electron chi connectivity index (χ2n) is 5.71. The van der Waals surface area contributed by atoms with Crippen molar-refractivity contribution in [1.82, 2.24) is 9.78 Å². The number of esters is 1. The Balaban J connectivity index is 2.85. The van der Waals surface area contributed by atoms with Crippen LogP contribution in [0.25, 0.3) is 5.69 Å². The minimum Gasteiger partial charge on any atom is -0.454 e. The quantitative estimate of drug-likeness (QED) is 0.174. The fourth-order valence-electron chi connectivity index (χ4n) is 2.48. The van der Waals surface area contributed by atoms with E-state index in [0.717, 1.165) is 0 Å². The Kier molecular flexibility index (Phi) is 7.84. The zero-order chi connectivity index (χ0) is 23.7. The number of thioether (sulfide) groups is 1. The van der Waals surface area contributed by atoms with Crippen LogP contribution in [0.3, 0.4) is 0 Å². The highest BCUT2D eigenvalue weighted by molar-refractivity contribution is 9.09. The van der Waals surface area contributed by atoms with Crippen LogP contribution < -0.4 is 0 Å². The van der Waals surface area contributed by atoms with Gasteiger partial charge in [-0.3, -0.25) is 4.79 Å². The third-order valence-corrected chi connectivity index (χ3v) is 5.36. The molecule has 31 heavy (non-hydrogen) atoms. The predicted molar refractivity (Wildman–Crippen MR) is 104 cm³/mol. The molecule has 0 N–H and O–H groups in total. The van der Waals surface area contributed by atoms with Crippen LogP contribution in [0.1, 0.15) is 29.8 Å². The zero-order valence-electron chi connectivity index (χ0n) is 14.9. The summed E-state index contributed by atoms with van der Waals surface area (Å²) in [4.78, 5) is 11.5. The van der Waals surface area contributed by atoms with Gasteiger partial charge in [0.1, 0.15) is 17.3 Å². The van der Waals surface area contributed by atoms with Crippen molar-refractivity contribution in [1.29, 1.82) is 5.26 Å². The molecule has 0 aliphatic heterocycles. The average molecular weight is 571 g/mol. The van der Waals surface area contributed by atoms with E-state index >= 15 is 0 Å². The van der Waals surface area contributed by atoms with Gasteiger partial charge in [0.05, 0.1) is 32.1 Å². The molecule has 1 heterocycles. The second kappa shape index (κ2) is 9.48. The highest BCUT2D eigenvalue weighted by Crippen LogP contribution is 2.45. The van der Waals surface area contributed by atoms with E-state index in [1.54, 1.807) is 0 Å². The molecule has 2 aromatic rings. The molecular formula is C16H8BrCl2F6N3O2S. The fraction of sp³-hybridized carbons (Fsp3) is 0.312. The van der Waals surface area contributed by atoms with Crippen molar-refractivity contribution >= 4 is 56.9 Å². The van der Waals surface area contributed by atoms with E-state index in [0.29, 0.717) is 16.8 Å². The summed E-state index contributed by atoms with van der Waals surface area (Å²) in [6.45, 7) is 1.17. The maximum Gasteiger partial charge on any atom is 0.446 e. The third-order valence-electron chi connectivity index (χ3n) is 3.72. The smallest absolute Gasteiger partial charge is 0.446 e. The molecule has 1 unspecified atom stereocenters. The Bertz CT molecular complexity index is 1030. The molecule has 0 bridgehead atoms. The van der Waals surface area contributed by atoms with Crippen molar-refractivity contribution in [2.75, 3.05) is 5.52 Å². The van der Waals surface area contributed by atoms with Gasteiger partial charge in [-0.15, -0.1) is 0 Å². The molecule has 1 aromatic carbocycles. The number of nitriles is 1. The Hall–Kier alpha value is -1.62. The number of aromatic nitrogens is 2. The number of benzene rings is 1. The van der Waals surface area contributed by atoms with Crippen LogP contribution in [0.15, 0.2) is 17.0 Å². The summed E-state index contributed by atoms with van der Waals surface area (Å²) in [6, 6.07) is 2.47. The SMILES string of the molecule is CC(C(=O)OCBr)c1c(SC(F)(F)F)c(C#N)nn1-c1c(Cl)cc(C(F)(F)F)cc1Cl. The van der Waals surface area contributed by atoms with Gasteiger partial charge in [-0.25, -0.2) is 4.68 Å². The van der Waals surface area contributed by atoms with Crippen LogP contribution in [0, 0.1) is 11.3 Å². The summed E-state index contributed by atoms with van der Waals surface area (Å²) >= 11 is 14.0. The minimum atomic E-state index is -4.87. The zero-order valence-corrected chi connectivity index (χ0v) is 18.8. The normalized spacial score (nSPS) is 13.1. The second-order valence-corrected chi connectivity index (χ2v) is 8.06. The number of hydrogen-bond acceptors (Lipinski definition) is 5. The van der Waals surface area contributed by atoms with E-state index in [9.17, 15) is 36.4 Å². The number of alkyl halides is 7. The molecule has 15 heteroatoms. The van der Waals surface area contributed by atoms with Crippen molar-refractivity contribution in [3.8, 4) is 11.8 Å². The number of carbonyl (C=O) groups excluding carboxylic acids is 1. The lowest BCUT2D eigenvalue weighted by atomic mass is 10.1. The summed E-state index contributed by atoms with van der Waals surface area (Å²) in [6.07, 6.45) is -4.80. The van der Waals surface area contributed by atoms with Gasteiger partial charge in [0.2, 0.25) is 0 Å². The predicted octanol–water partition coefficient (Wildman–Crippen LogP) is 6.68. The van der Waals surface area contributed by atoms with E-state index < -0.39 is 72.9 Å². The molecule has 0 spiro atoms. The number of nitrogens with zero attached hydrogens (tertiary/aromatic N) is 3. The van der Waals surface area contributed by atoms with Gasteiger partial charge in [0.25, 0.3) is 0 Å². The van der Waals surface area contributed by atoms with Crippen molar-refractivity contribution in [3.05, 3.63) is 39.1 Å². The van der Waals surface area contributed by atoms with Crippen LogP contribution in [-0.2, 0) is 15.7 Å². The van der Waals surface area contributed by atoms with E-state index in [4.69, 9.17) is 27.9 Å². The highest BCUT2D eigenvalue weighted by Gasteiger charge is 2.39.